The van der Waals surface area contributed by atoms with Gasteiger partial charge in [-0.05, 0) is 30.0 Å². The van der Waals surface area contributed by atoms with E-state index in [0.717, 1.165) is 25.9 Å². The fraction of sp³-hybridized carbons (Fsp3) is 0.500. The third-order valence-corrected chi connectivity index (χ3v) is 6.43. The predicted molar refractivity (Wildman–Crippen MR) is 130 cm³/mol. The van der Waals surface area contributed by atoms with Gasteiger partial charge in [-0.15, -0.1) is 0 Å². The zero-order chi connectivity index (χ0) is 25.1. The van der Waals surface area contributed by atoms with E-state index in [1.54, 1.807) is 21.6 Å². The summed E-state index contributed by atoms with van der Waals surface area (Å²) in [5, 5.41) is 2.73. The summed E-state index contributed by atoms with van der Waals surface area (Å²) in [6, 6.07) is 5.78. The first-order chi connectivity index (χ1) is 16.8. The fourth-order valence-electron chi connectivity index (χ4n) is 4.67. The highest BCUT2D eigenvalue weighted by Gasteiger charge is 2.42. The lowest BCUT2D eigenvalue weighted by Gasteiger charge is -2.37. The Kier molecular flexibility index (Phi) is 7.54. The second-order valence-corrected chi connectivity index (χ2v) is 9.58. The molecule has 1 saturated heterocycles. The van der Waals surface area contributed by atoms with E-state index in [-0.39, 0.29) is 48.0 Å². The van der Waals surface area contributed by atoms with Crippen LogP contribution in [0.25, 0.3) is 0 Å². The Morgan fingerprint density at radius 2 is 1.94 bits per heavy atom. The van der Waals surface area contributed by atoms with Crippen molar-refractivity contribution in [1.82, 2.24) is 19.7 Å². The molecule has 0 spiro atoms. The number of unbranched alkanes of at least 4 members (excludes halogenated alkanes) is 1. The molecule has 0 bridgehead atoms. The number of fused-ring (bicyclic) bond motifs is 2. The molecular formula is C26H33FN4O4. The van der Waals surface area contributed by atoms with Crippen LogP contribution in [0, 0.1) is 11.7 Å². The number of amides is 2. The Labute approximate surface area is 204 Å². The largest absolute Gasteiger partial charge is 0.487 e. The number of carbonyl (C=O) groups is 2. The molecule has 3 heterocycles. The van der Waals surface area contributed by atoms with Crippen LogP contribution in [-0.4, -0.2) is 58.6 Å². The number of carbonyl (C=O) groups excluding carboxylic acids is 2. The topological polar surface area (TPSA) is 83.9 Å². The van der Waals surface area contributed by atoms with Gasteiger partial charge in [0.1, 0.15) is 17.5 Å². The molecule has 1 atom stereocenters. The number of hydrogen-bond acceptors (Lipinski definition) is 5. The van der Waals surface area contributed by atoms with Crippen molar-refractivity contribution in [2.75, 3.05) is 26.2 Å². The molecule has 1 aromatic carbocycles. The summed E-state index contributed by atoms with van der Waals surface area (Å²) in [6.45, 7) is 9.39. The Morgan fingerprint density at radius 1 is 1.20 bits per heavy atom. The van der Waals surface area contributed by atoms with E-state index in [1.165, 1.54) is 18.3 Å². The molecule has 2 aliphatic heterocycles. The van der Waals surface area contributed by atoms with Gasteiger partial charge in [0.05, 0.1) is 13.2 Å². The molecule has 1 N–H and O–H groups in total. The second kappa shape index (κ2) is 10.6. The van der Waals surface area contributed by atoms with Crippen molar-refractivity contribution < 1.29 is 18.7 Å². The first kappa shape index (κ1) is 24.9. The summed E-state index contributed by atoms with van der Waals surface area (Å²) in [5.41, 5.74) is 0.258. The zero-order valence-electron chi connectivity index (χ0n) is 20.6. The molecule has 0 saturated carbocycles. The van der Waals surface area contributed by atoms with Crippen molar-refractivity contribution in [2.45, 2.75) is 52.9 Å². The third-order valence-electron chi connectivity index (χ3n) is 6.43. The molecule has 188 valence electrons. The van der Waals surface area contributed by atoms with Gasteiger partial charge in [-0.3, -0.25) is 19.3 Å². The highest BCUT2D eigenvalue weighted by atomic mass is 19.1. The van der Waals surface area contributed by atoms with Crippen LogP contribution in [0.15, 0.2) is 35.3 Å². The Morgan fingerprint density at radius 3 is 2.63 bits per heavy atom. The molecule has 0 aliphatic carbocycles. The van der Waals surface area contributed by atoms with Gasteiger partial charge < -0.3 is 19.5 Å². The first-order valence-corrected chi connectivity index (χ1v) is 12.3. The second-order valence-electron chi connectivity index (χ2n) is 9.58. The van der Waals surface area contributed by atoms with E-state index < -0.39 is 11.3 Å². The normalized spacial score (nSPS) is 17.5. The molecule has 2 aromatic rings. The van der Waals surface area contributed by atoms with Crippen LogP contribution in [0.2, 0.25) is 0 Å². The maximum absolute atomic E-state index is 13.5. The molecule has 1 fully saturated rings. The highest BCUT2D eigenvalue weighted by Crippen LogP contribution is 2.29. The molecule has 1 aromatic heterocycles. The average molecular weight is 485 g/mol. The minimum Gasteiger partial charge on any atom is -0.487 e. The Bertz CT molecular complexity index is 1150. The SMILES string of the molecule is CCCCOc1c2n(cc(C(=O)NCc3ccc(F)cc3)c1=O)CC1N(CC(C)C)CCN1C2=O. The van der Waals surface area contributed by atoms with Crippen LogP contribution in [0.1, 0.15) is 60.0 Å². The summed E-state index contributed by atoms with van der Waals surface area (Å²) in [7, 11) is 0. The van der Waals surface area contributed by atoms with Crippen LogP contribution in [0.3, 0.4) is 0 Å². The number of nitrogens with one attached hydrogen (secondary N) is 1. The number of benzene rings is 1. The number of aromatic nitrogens is 1. The number of hydrogen-bond donors (Lipinski definition) is 1. The maximum Gasteiger partial charge on any atom is 0.275 e. The monoisotopic (exact) mass is 484 g/mol. The van der Waals surface area contributed by atoms with Gasteiger partial charge in [0, 0.05) is 32.4 Å². The standard InChI is InChI=1S/C26H33FN4O4/c1-4-5-12-35-24-22-26(34)31-11-10-29(14-17(2)3)21(31)16-30(22)15-20(23(24)32)25(33)28-13-18-6-8-19(27)9-7-18/h6-9,15,17,21H,4-5,10-14,16H2,1-3H3,(H,28,33). The van der Waals surface area contributed by atoms with Crippen molar-refractivity contribution in [3.63, 3.8) is 0 Å². The molecule has 8 nitrogen and oxygen atoms in total. The van der Waals surface area contributed by atoms with E-state index >= 15 is 0 Å². The lowest BCUT2D eigenvalue weighted by Crippen LogP contribution is -2.51. The number of rotatable bonds is 9. The third kappa shape index (κ3) is 5.24. The zero-order valence-corrected chi connectivity index (χ0v) is 20.6. The van der Waals surface area contributed by atoms with E-state index in [1.807, 2.05) is 6.92 Å². The van der Waals surface area contributed by atoms with Crippen LogP contribution in [-0.2, 0) is 13.1 Å². The highest BCUT2D eigenvalue weighted by molar-refractivity contribution is 5.99. The quantitative estimate of drug-likeness (QED) is 0.554. The van der Waals surface area contributed by atoms with Gasteiger partial charge >= 0.3 is 0 Å². The predicted octanol–water partition coefficient (Wildman–Crippen LogP) is 2.85. The molecule has 9 heteroatoms. The molecule has 35 heavy (non-hydrogen) atoms. The minimum absolute atomic E-state index is 0.0568. The molecule has 0 radical (unpaired) electrons. The van der Waals surface area contributed by atoms with Crippen molar-refractivity contribution in [1.29, 1.82) is 0 Å². The van der Waals surface area contributed by atoms with Crippen LogP contribution < -0.4 is 15.5 Å². The molecule has 2 amide bonds. The maximum atomic E-state index is 13.5. The lowest BCUT2D eigenvalue weighted by molar-refractivity contribution is 0.0484. The first-order valence-electron chi connectivity index (χ1n) is 12.3. The van der Waals surface area contributed by atoms with Gasteiger partial charge in [-0.25, -0.2) is 4.39 Å². The average Bonchev–Trinajstić information content (AvgIpc) is 3.22. The summed E-state index contributed by atoms with van der Waals surface area (Å²) in [5.74, 6) is -0.775. The Balaban J connectivity index is 1.66. The summed E-state index contributed by atoms with van der Waals surface area (Å²) in [6.07, 6.45) is 2.94. The molecule has 4 rings (SSSR count). The number of ether oxygens (including phenoxy) is 1. The lowest BCUT2D eigenvalue weighted by atomic mass is 10.1. The molecule has 1 unspecified atom stereocenters. The molecular weight excluding hydrogens is 451 g/mol. The number of halogens is 1. The summed E-state index contributed by atoms with van der Waals surface area (Å²) >= 11 is 0. The van der Waals surface area contributed by atoms with E-state index in [2.05, 4.69) is 24.1 Å². The summed E-state index contributed by atoms with van der Waals surface area (Å²) in [4.78, 5) is 43.9. The van der Waals surface area contributed by atoms with Gasteiger partial charge in [0.15, 0.2) is 11.4 Å². The van der Waals surface area contributed by atoms with E-state index in [9.17, 15) is 18.8 Å². The van der Waals surface area contributed by atoms with Crippen molar-refractivity contribution in [3.8, 4) is 5.75 Å². The van der Waals surface area contributed by atoms with Gasteiger partial charge in [0.25, 0.3) is 11.8 Å². The van der Waals surface area contributed by atoms with Gasteiger partial charge in [0.2, 0.25) is 5.43 Å². The summed E-state index contributed by atoms with van der Waals surface area (Å²) < 4.78 is 20.7. The van der Waals surface area contributed by atoms with Crippen molar-refractivity contribution in [2.24, 2.45) is 5.92 Å². The van der Waals surface area contributed by atoms with Crippen LogP contribution in [0.4, 0.5) is 4.39 Å². The Hall–Kier alpha value is -3.20. The van der Waals surface area contributed by atoms with E-state index in [4.69, 9.17) is 4.74 Å². The van der Waals surface area contributed by atoms with Crippen LogP contribution >= 0.6 is 0 Å². The van der Waals surface area contributed by atoms with E-state index in [0.29, 0.717) is 24.6 Å². The van der Waals surface area contributed by atoms with Gasteiger partial charge in [-0.1, -0.05) is 39.3 Å². The van der Waals surface area contributed by atoms with Crippen LogP contribution in [0.5, 0.6) is 5.75 Å². The smallest absolute Gasteiger partial charge is 0.275 e. The van der Waals surface area contributed by atoms with Crippen molar-refractivity contribution in [3.05, 3.63) is 63.3 Å². The number of nitrogens with zero attached hydrogens (tertiary/aromatic N) is 3. The van der Waals surface area contributed by atoms with Gasteiger partial charge in [-0.2, -0.15) is 0 Å². The number of pyridine rings is 1. The fourth-order valence-corrected chi connectivity index (χ4v) is 4.67. The van der Waals surface area contributed by atoms with Crippen molar-refractivity contribution >= 4 is 11.8 Å². The molecule has 2 aliphatic rings. The minimum atomic E-state index is -0.589.